The van der Waals surface area contributed by atoms with Crippen LogP contribution >= 0.6 is 0 Å². The highest BCUT2D eigenvalue weighted by Crippen LogP contribution is 2.24. The number of nitriles is 1. The molecule has 10 nitrogen and oxygen atoms in total. The lowest BCUT2D eigenvalue weighted by Gasteiger charge is -2.40. The number of esters is 1. The molecule has 1 amide bonds. The van der Waals surface area contributed by atoms with Crippen molar-refractivity contribution < 1.29 is 39.1 Å². The molecule has 180 valence electrons. The third-order valence-electron chi connectivity index (χ3n) is 3.87. The van der Waals surface area contributed by atoms with E-state index < -0.39 is 42.6 Å². The first kappa shape index (κ1) is 29.3. The first-order chi connectivity index (χ1) is 15.0. The van der Waals surface area contributed by atoms with Crippen LogP contribution in [0.5, 0.6) is 0 Å². The number of hydrogen-bond acceptors (Lipinski definition) is 9. The number of nitrogens with zero attached hydrogens (tertiary/aromatic N) is 1. The van der Waals surface area contributed by atoms with Gasteiger partial charge in [0, 0.05) is 12.1 Å². The van der Waals surface area contributed by atoms with Crippen molar-refractivity contribution in [1.29, 1.82) is 5.26 Å². The number of allylic oxidation sites excluding steroid dienone is 3. The molecule has 32 heavy (non-hydrogen) atoms. The third kappa shape index (κ3) is 10.5. The van der Waals surface area contributed by atoms with E-state index in [1.165, 1.54) is 32.3 Å². The summed E-state index contributed by atoms with van der Waals surface area (Å²) in [6, 6.07) is 1.67. The fraction of sp³-hybridized carbons (Fsp3) is 0.591. The van der Waals surface area contributed by atoms with Crippen LogP contribution in [0.3, 0.4) is 0 Å². The largest absolute Gasteiger partial charge is 0.466 e. The van der Waals surface area contributed by atoms with E-state index in [2.05, 4.69) is 37.4 Å². The highest BCUT2D eigenvalue weighted by molar-refractivity contribution is 5.87. The Morgan fingerprint density at radius 3 is 2.28 bits per heavy atom. The molecule has 3 unspecified atom stereocenters. The van der Waals surface area contributed by atoms with E-state index in [9.17, 15) is 24.9 Å². The minimum atomic E-state index is -1.60. The molecular weight excluding hydrogens is 420 g/mol. The number of ether oxygens (including phenoxy) is 3. The zero-order valence-corrected chi connectivity index (χ0v) is 19.1. The number of nitrogens with one attached hydrogen (secondary N) is 1. The molecule has 0 aromatic rings. The van der Waals surface area contributed by atoms with Gasteiger partial charge in [0.2, 0.25) is 12.2 Å². The molecule has 0 aromatic heterocycles. The summed E-state index contributed by atoms with van der Waals surface area (Å²) in [5, 5.41) is 41.0. The number of aliphatic hydroxyl groups is 3. The van der Waals surface area contributed by atoms with Gasteiger partial charge >= 0.3 is 5.97 Å². The van der Waals surface area contributed by atoms with Gasteiger partial charge in [-0.25, -0.2) is 4.79 Å². The molecular formula is C22H34N2O8. The lowest BCUT2D eigenvalue weighted by Crippen LogP contribution is -2.60. The van der Waals surface area contributed by atoms with Crippen molar-refractivity contribution in [3.63, 3.8) is 0 Å². The molecule has 0 aromatic carbocycles. The molecule has 10 heteroatoms. The third-order valence-corrected chi connectivity index (χ3v) is 3.87. The van der Waals surface area contributed by atoms with Crippen LogP contribution in [-0.4, -0.2) is 71.6 Å². The average molecular weight is 455 g/mol. The van der Waals surface area contributed by atoms with Crippen LogP contribution < -0.4 is 5.32 Å². The predicted octanol–water partition coefficient (Wildman–Crippen LogP) is 0.692. The van der Waals surface area contributed by atoms with Gasteiger partial charge in [-0.15, -0.1) is 0 Å². The van der Waals surface area contributed by atoms with E-state index in [0.29, 0.717) is 0 Å². The second kappa shape index (κ2) is 15.2. The summed E-state index contributed by atoms with van der Waals surface area (Å²) in [5.41, 5.74) is 0.282. The van der Waals surface area contributed by atoms with Crippen LogP contribution in [0.25, 0.3) is 0 Å². The van der Waals surface area contributed by atoms with Gasteiger partial charge < -0.3 is 34.8 Å². The van der Waals surface area contributed by atoms with Crippen molar-refractivity contribution in [2.45, 2.75) is 64.8 Å². The fourth-order valence-electron chi connectivity index (χ4n) is 2.26. The van der Waals surface area contributed by atoms with Gasteiger partial charge in [-0.3, -0.25) is 4.79 Å². The summed E-state index contributed by atoms with van der Waals surface area (Å²) < 4.78 is 15.5. The van der Waals surface area contributed by atoms with E-state index in [4.69, 9.17) is 14.7 Å². The van der Waals surface area contributed by atoms with Crippen LogP contribution in [0.2, 0.25) is 0 Å². The zero-order chi connectivity index (χ0) is 24.8. The number of aliphatic hydroxyl groups excluding tert-OH is 3. The molecule has 1 heterocycles. The monoisotopic (exact) mass is 454 g/mol. The predicted molar refractivity (Wildman–Crippen MR) is 116 cm³/mol. The average Bonchev–Trinajstić information content (AvgIpc) is 2.74. The van der Waals surface area contributed by atoms with Gasteiger partial charge in [-0.1, -0.05) is 27.4 Å². The second-order valence-corrected chi connectivity index (χ2v) is 7.62. The molecule has 1 fully saturated rings. The highest BCUT2D eigenvalue weighted by Gasteiger charge is 2.45. The Hall–Kier alpha value is -2.71. The Morgan fingerprint density at radius 2 is 1.78 bits per heavy atom. The maximum atomic E-state index is 11.4. The van der Waals surface area contributed by atoms with Crippen molar-refractivity contribution in [2.75, 3.05) is 13.7 Å². The summed E-state index contributed by atoms with van der Waals surface area (Å²) in [6.45, 7) is 11.4. The quantitative estimate of drug-likeness (QED) is 0.179. The van der Waals surface area contributed by atoms with Crippen LogP contribution in [0.1, 0.15) is 34.1 Å². The lowest BCUT2D eigenvalue weighted by molar-refractivity contribution is -0.284. The molecule has 0 aliphatic carbocycles. The van der Waals surface area contributed by atoms with Crippen molar-refractivity contribution >= 4 is 11.9 Å². The van der Waals surface area contributed by atoms with Crippen molar-refractivity contribution in [3.8, 4) is 6.07 Å². The number of carbonyl (C=O) groups excluding carboxylic acids is 2. The lowest BCUT2D eigenvalue weighted by atomic mass is 9.99. The smallest absolute Gasteiger partial charge is 0.333 e. The minimum Gasteiger partial charge on any atom is -0.466 e. The van der Waals surface area contributed by atoms with Gasteiger partial charge in [0.05, 0.1) is 13.2 Å². The summed E-state index contributed by atoms with van der Waals surface area (Å²) >= 11 is 0. The fourth-order valence-corrected chi connectivity index (χ4v) is 2.26. The zero-order valence-electron chi connectivity index (χ0n) is 19.1. The van der Waals surface area contributed by atoms with Crippen LogP contribution in [0.15, 0.2) is 36.1 Å². The molecule has 1 aliphatic rings. The number of methoxy groups -OCH3 is 1. The molecule has 1 aliphatic heterocycles. The van der Waals surface area contributed by atoms with E-state index in [-0.39, 0.29) is 24.3 Å². The maximum Gasteiger partial charge on any atom is 0.333 e. The Labute approximate surface area is 188 Å². The van der Waals surface area contributed by atoms with Gasteiger partial charge in [-0.05, 0) is 31.1 Å². The first-order valence-corrected chi connectivity index (χ1v) is 10.1. The van der Waals surface area contributed by atoms with Crippen molar-refractivity contribution in [1.82, 2.24) is 5.32 Å². The normalized spacial score (nSPS) is 25.7. The van der Waals surface area contributed by atoms with Crippen molar-refractivity contribution in [3.05, 3.63) is 36.1 Å². The number of amides is 1. The van der Waals surface area contributed by atoms with Crippen LogP contribution in [0.4, 0.5) is 0 Å². The Kier molecular flexibility index (Phi) is 13.9. The molecule has 0 radical (unpaired) electrons. The van der Waals surface area contributed by atoms with E-state index in [0.717, 1.165) is 5.92 Å². The molecule has 1 rings (SSSR count). The van der Waals surface area contributed by atoms with E-state index >= 15 is 0 Å². The summed E-state index contributed by atoms with van der Waals surface area (Å²) in [5.74, 6) is -0.171. The molecule has 1 saturated heterocycles. The molecule has 4 N–H and O–H groups in total. The Balaban J connectivity index is 0.00000220. The van der Waals surface area contributed by atoms with E-state index in [1.807, 2.05) is 0 Å². The van der Waals surface area contributed by atoms with Gasteiger partial charge in [0.15, 0.2) is 0 Å². The van der Waals surface area contributed by atoms with Crippen LogP contribution in [-0.2, 0) is 23.8 Å². The maximum absolute atomic E-state index is 11.4. The van der Waals surface area contributed by atoms with Crippen molar-refractivity contribution in [2.24, 2.45) is 5.92 Å². The standard InChI is InChI=1S/C18H24N2O8.C4H10/c1-4-11(6-5-10(2)17(25)26-3)27-18-16(24)15(23)14(22)12(28-18)9-20-13(21)7-8-19;1-4(2)3/h4-6,12,14-16,18,22-24H,1,7,9H2,2-3H3,(H,20,21);4H,1-3H3/b10-5+,11-6+;/t12?,14-,15?,16?,18+;/m1./s1. The highest BCUT2D eigenvalue weighted by atomic mass is 16.7. The van der Waals surface area contributed by atoms with Gasteiger partial charge in [-0.2, -0.15) is 5.26 Å². The number of carbonyl (C=O) groups is 2. The first-order valence-electron chi connectivity index (χ1n) is 10.1. The summed E-state index contributed by atoms with van der Waals surface area (Å²) in [6.07, 6.45) is -3.45. The molecule has 0 spiro atoms. The topological polar surface area (TPSA) is 158 Å². The number of rotatable bonds is 8. The Bertz CT molecular complexity index is 723. The molecule has 5 atom stereocenters. The summed E-state index contributed by atoms with van der Waals surface area (Å²) in [7, 11) is 1.24. The minimum absolute atomic E-state index is 0.114. The van der Waals surface area contributed by atoms with Gasteiger partial charge in [0.25, 0.3) is 0 Å². The SMILES string of the molecule is C=C/C(=C\C=C(/C)C(=O)OC)O[C@H]1OC(CNC(=O)CC#N)[C@@H](O)C(O)C1O.CC(C)C. The number of hydrogen-bond donors (Lipinski definition) is 4. The van der Waals surface area contributed by atoms with E-state index in [1.54, 1.807) is 6.07 Å². The van der Waals surface area contributed by atoms with Crippen LogP contribution in [0, 0.1) is 17.2 Å². The summed E-state index contributed by atoms with van der Waals surface area (Å²) in [4.78, 5) is 22.8. The second-order valence-electron chi connectivity index (χ2n) is 7.62. The molecule has 0 bridgehead atoms. The van der Waals surface area contributed by atoms with Gasteiger partial charge in [0.1, 0.15) is 36.6 Å². The Morgan fingerprint density at radius 1 is 1.19 bits per heavy atom. The molecule has 0 saturated carbocycles.